The standard InChI is InChI=1S/C18H24F2N4.HI/c1-3-21-18(22-8-11-24-9-4-5-10-24)23-13-14(2)15-6-7-16(19)17(20)12-15;/h4-7,9-10,12,14H,3,8,11,13H2,1-2H3,(H2,21,22,23);1H. The molecule has 1 heterocycles. The van der Waals surface area contributed by atoms with Crippen LogP contribution in [0.2, 0.25) is 0 Å². The Bertz CT molecular complexity index is 659. The second kappa shape index (κ2) is 11.1. The molecule has 25 heavy (non-hydrogen) atoms. The number of aliphatic imine (C=N–C) groups is 1. The van der Waals surface area contributed by atoms with Crippen LogP contribution in [0.4, 0.5) is 8.78 Å². The van der Waals surface area contributed by atoms with Crippen LogP contribution in [-0.2, 0) is 6.54 Å². The molecule has 138 valence electrons. The number of aromatic nitrogens is 1. The Hall–Kier alpha value is -1.64. The SMILES string of the molecule is CCNC(=NCC(C)c1ccc(F)c(F)c1)NCCn1cccc1.I. The minimum absolute atomic E-state index is 0. The van der Waals surface area contributed by atoms with Crippen molar-refractivity contribution in [2.24, 2.45) is 4.99 Å². The lowest BCUT2D eigenvalue weighted by Gasteiger charge is -2.14. The van der Waals surface area contributed by atoms with Gasteiger partial charge in [-0.2, -0.15) is 0 Å². The van der Waals surface area contributed by atoms with Crippen LogP contribution < -0.4 is 10.6 Å². The van der Waals surface area contributed by atoms with E-state index < -0.39 is 11.6 Å². The van der Waals surface area contributed by atoms with E-state index in [-0.39, 0.29) is 29.9 Å². The summed E-state index contributed by atoms with van der Waals surface area (Å²) in [6.45, 7) is 6.79. The topological polar surface area (TPSA) is 41.4 Å². The van der Waals surface area contributed by atoms with Crippen LogP contribution >= 0.6 is 24.0 Å². The highest BCUT2D eigenvalue weighted by Crippen LogP contribution is 2.18. The Labute approximate surface area is 164 Å². The van der Waals surface area contributed by atoms with Gasteiger partial charge in [-0.1, -0.05) is 13.0 Å². The molecule has 0 saturated heterocycles. The zero-order valence-electron chi connectivity index (χ0n) is 14.5. The van der Waals surface area contributed by atoms with E-state index in [0.717, 1.165) is 37.2 Å². The molecule has 2 N–H and O–H groups in total. The fourth-order valence-corrected chi connectivity index (χ4v) is 2.32. The van der Waals surface area contributed by atoms with Crippen LogP contribution in [0.15, 0.2) is 47.7 Å². The molecule has 0 aliphatic rings. The molecule has 0 radical (unpaired) electrons. The Balaban J connectivity index is 0.00000312. The van der Waals surface area contributed by atoms with Crippen molar-refractivity contribution < 1.29 is 8.78 Å². The molecule has 0 saturated carbocycles. The van der Waals surface area contributed by atoms with Crippen LogP contribution in [0.3, 0.4) is 0 Å². The molecule has 0 spiro atoms. The molecule has 1 unspecified atom stereocenters. The molecule has 1 aromatic heterocycles. The Morgan fingerprint density at radius 1 is 1.16 bits per heavy atom. The number of rotatable bonds is 7. The average Bonchev–Trinajstić information content (AvgIpc) is 3.08. The van der Waals surface area contributed by atoms with E-state index in [1.54, 1.807) is 6.07 Å². The van der Waals surface area contributed by atoms with Crippen LogP contribution in [0, 0.1) is 11.6 Å². The van der Waals surface area contributed by atoms with Gasteiger partial charge in [0, 0.05) is 44.5 Å². The van der Waals surface area contributed by atoms with Crippen molar-refractivity contribution in [1.82, 2.24) is 15.2 Å². The van der Waals surface area contributed by atoms with Gasteiger partial charge in [0.1, 0.15) is 0 Å². The lowest BCUT2D eigenvalue weighted by molar-refractivity contribution is 0.505. The second-order valence-corrected chi connectivity index (χ2v) is 5.64. The van der Waals surface area contributed by atoms with E-state index in [4.69, 9.17) is 0 Å². The molecule has 7 heteroatoms. The van der Waals surface area contributed by atoms with Gasteiger partial charge in [0.25, 0.3) is 0 Å². The smallest absolute Gasteiger partial charge is 0.191 e. The van der Waals surface area contributed by atoms with Crippen molar-refractivity contribution in [2.75, 3.05) is 19.6 Å². The fraction of sp³-hybridized carbons (Fsp3) is 0.389. The van der Waals surface area contributed by atoms with Gasteiger partial charge in [-0.3, -0.25) is 4.99 Å². The van der Waals surface area contributed by atoms with Gasteiger partial charge in [0.2, 0.25) is 0 Å². The maximum atomic E-state index is 13.3. The first kappa shape index (κ1) is 21.4. The Kier molecular flexibility index (Phi) is 9.48. The third-order valence-corrected chi connectivity index (χ3v) is 3.71. The predicted molar refractivity (Wildman–Crippen MR) is 109 cm³/mol. The first-order valence-corrected chi connectivity index (χ1v) is 8.18. The molecule has 2 aromatic rings. The van der Waals surface area contributed by atoms with Crippen molar-refractivity contribution in [1.29, 1.82) is 0 Å². The zero-order valence-corrected chi connectivity index (χ0v) is 16.8. The van der Waals surface area contributed by atoms with E-state index in [1.807, 2.05) is 38.4 Å². The molecule has 0 amide bonds. The third-order valence-electron chi connectivity index (χ3n) is 3.71. The van der Waals surface area contributed by atoms with Gasteiger partial charge < -0.3 is 15.2 Å². The van der Waals surface area contributed by atoms with E-state index in [2.05, 4.69) is 20.2 Å². The van der Waals surface area contributed by atoms with Crippen molar-refractivity contribution in [2.45, 2.75) is 26.3 Å². The monoisotopic (exact) mass is 462 g/mol. The lowest BCUT2D eigenvalue weighted by Crippen LogP contribution is -2.39. The Morgan fingerprint density at radius 2 is 1.88 bits per heavy atom. The quantitative estimate of drug-likeness (QED) is 0.374. The highest BCUT2D eigenvalue weighted by atomic mass is 127. The van der Waals surface area contributed by atoms with Gasteiger partial charge in [-0.15, -0.1) is 24.0 Å². The number of hydrogen-bond donors (Lipinski definition) is 2. The molecule has 0 fully saturated rings. The third kappa shape index (κ3) is 7.01. The largest absolute Gasteiger partial charge is 0.357 e. The van der Waals surface area contributed by atoms with Crippen LogP contribution in [0.25, 0.3) is 0 Å². The van der Waals surface area contributed by atoms with Gasteiger partial charge in [0.15, 0.2) is 17.6 Å². The van der Waals surface area contributed by atoms with Crippen molar-refractivity contribution in [3.8, 4) is 0 Å². The Morgan fingerprint density at radius 3 is 2.52 bits per heavy atom. The summed E-state index contributed by atoms with van der Waals surface area (Å²) in [6.07, 6.45) is 4.02. The van der Waals surface area contributed by atoms with Crippen molar-refractivity contribution in [3.63, 3.8) is 0 Å². The summed E-state index contributed by atoms with van der Waals surface area (Å²) in [7, 11) is 0. The van der Waals surface area contributed by atoms with E-state index in [9.17, 15) is 8.78 Å². The van der Waals surface area contributed by atoms with E-state index in [0.29, 0.717) is 6.54 Å². The van der Waals surface area contributed by atoms with Gasteiger partial charge in [0.05, 0.1) is 0 Å². The lowest BCUT2D eigenvalue weighted by atomic mass is 10.0. The van der Waals surface area contributed by atoms with Gasteiger partial charge >= 0.3 is 0 Å². The summed E-state index contributed by atoms with van der Waals surface area (Å²) in [5, 5.41) is 6.46. The summed E-state index contributed by atoms with van der Waals surface area (Å²) in [4.78, 5) is 4.53. The van der Waals surface area contributed by atoms with Crippen LogP contribution in [-0.4, -0.2) is 30.2 Å². The predicted octanol–water partition coefficient (Wildman–Crippen LogP) is 3.74. The van der Waals surface area contributed by atoms with E-state index >= 15 is 0 Å². The molecular weight excluding hydrogens is 437 g/mol. The second-order valence-electron chi connectivity index (χ2n) is 5.64. The number of nitrogens with zero attached hydrogens (tertiary/aromatic N) is 2. The van der Waals surface area contributed by atoms with Crippen molar-refractivity contribution >= 4 is 29.9 Å². The van der Waals surface area contributed by atoms with E-state index in [1.165, 1.54) is 6.07 Å². The highest BCUT2D eigenvalue weighted by Gasteiger charge is 2.09. The number of guanidine groups is 1. The summed E-state index contributed by atoms with van der Waals surface area (Å²) >= 11 is 0. The molecule has 1 aromatic carbocycles. The molecular formula is C18H25F2IN4. The average molecular weight is 462 g/mol. The highest BCUT2D eigenvalue weighted by molar-refractivity contribution is 14.0. The summed E-state index contributed by atoms with van der Waals surface area (Å²) < 4.78 is 28.4. The number of halogens is 3. The van der Waals surface area contributed by atoms with Crippen LogP contribution in [0.1, 0.15) is 25.3 Å². The number of benzene rings is 1. The maximum absolute atomic E-state index is 13.3. The maximum Gasteiger partial charge on any atom is 0.191 e. The summed E-state index contributed by atoms with van der Waals surface area (Å²) in [5.41, 5.74) is 0.737. The fourth-order valence-electron chi connectivity index (χ4n) is 2.32. The normalized spacial score (nSPS) is 12.4. The number of nitrogens with one attached hydrogen (secondary N) is 2. The molecule has 0 bridgehead atoms. The number of hydrogen-bond acceptors (Lipinski definition) is 1. The molecule has 4 nitrogen and oxygen atoms in total. The molecule has 0 aliphatic heterocycles. The molecule has 1 atom stereocenters. The van der Waals surface area contributed by atoms with Gasteiger partial charge in [-0.25, -0.2) is 8.78 Å². The first-order chi connectivity index (χ1) is 11.6. The first-order valence-electron chi connectivity index (χ1n) is 8.18. The van der Waals surface area contributed by atoms with Gasteiger partial charge in [-0.05, 0) is 36.8 Å². The summed E-state index contributed by atoms with van der Waals surface area (Å²) in [6, 6.07) is 7.98. The molecule has 2 rings (SSSR count). The van der Waals surface area contributed by atoms with Crippen LogP contribution in [0.5, 0.6) is 0 Å². The summed E-state index contributed by atoms with van der Waals surface area (Å²) in [5.74, 6) is -0.923. The minimum Gasteiger partial charge on any atom is -0.357 e. The molecule has 0 aliphatic carbocycles. The zero-order chi connectivity index (χ0) is 17.4. The minimum atomic E-state index is -0.825. The van der Waals surface area contributed by atoms with Crippen molar-refractivity contribution in [3.05, 3.63) is 59.9 Å².